The molecule has 2 N–H and O–H groups in total. The van der Waals surface area contributed by atoms with Gasteiger partial charge in [-0.15, -0.1) is 0 Å². The van der Waals surface area contributed by atoms with E-state index in [1.165, 1.54) is 0 Å². The van der Waals surface area contributed by atoms with Gasteiger partial charge in [0.1, 0.15) is 6.42 Å². The van der Waals surface area contributed by atoms with Crippen molar-refractivity contribution in [2.24, 2.45) is 0 Å². The van der Waals surface area contributed by atoms with E-state index in [1.807, 2.05) is 0 Å². The van der Waals surface area contributed by atoms with E-state index in [0.717, 1.165) is 0 Å². The summed E-state index contributed by atoms with van der Waals surface area (Å²) in [6.45, 7) is 0. The van der Waals surface area contributed by atoms with E-state index in [4.69, 9.17) is 10.2 Å². The first-order chi connectivity index (χ1) is 4.95. The number of hydrogen-bond donors (Lipinski definition) is 2. The molecule has 0 amide bonds. The maximum atomic E-state index is 10.0. The average Bonchev–Trinajstić information content (AvgIpc) is 1.81. The van der Waals surface area contributed by atoms with Crippen LogP contribution in [-0.2, 0) is 9.36 Å². The minimum atomic E-state index is -3.30. The van der Waals surface area contributed by atoms with Crippen molar-refractivity contribution in [3.8, 4) is 0 Å². The molecule has 0 aromatic rings. The van der Waals surface area contributed by atoms with Gasteiger partial charge in [0.2, 0.25) is 0 Å². The Morgan fingerprint density at radius 2 is 1.83 bits per heavy atom. The second-order valence-electron chi connectivity index (χ2n) is 1.58. The Morgan fingerprint density at radius 1 is 1.42 bits per heavy atom. The van der Waals surface area contributed by atoms with Crippen LogP contribution in [0.3, 0.4) is 0 Å². The number of aliphatic carboxylic acids is 1. The van der Waals surface area contributed by atoms with Crippen LogP contribution in [0.15, 0.2) is 11.3 Å². The van der Waals surface area contributed by atoms with Crippen molar-refractivity contribution in [2.75, 3.05) is 0 Å². The maximum Gasteiger partial charge on any atom is 1.00 e. The number of carboxylic acid groups (broad SMARTS) is 1. The Bertz CT molecular complexity index is 220. The summed E-state index contributed by atoms with van der Waals surface area (Å²) in [5.74, 6) is -3.20. The maximum absolute atomic E-state index is 10.0. The van der Waals surface area contributed by atoms with Gasteiger partial charge in [0.15, 0.2) is 5.31 Å². The molecule has 0 rings (SSSR count). The summed E-state index contributed by atoms with van der Waals surface area (Å²) < 4.78 is 10.0. The van der Waals surface area contributed by atoms with Crippen LogP contribution in [-0.4, -0.2) is 16.2 Å². The van der Waals surface area contributed by atoms with Crippen LogP contribution >= 0.6 is 8.03 Å². The molecule has 0 aromatic carbocycles. The molecular weight excluding hydrogens is 198 g/mol. The molecule has 0 aliphatic rings. The summed E-state index contributed by atoms with van der Waals surface area (Å²) in [6.07, 6.45) is -0.978. The molecule has 0 heterocycles. The summed E-state index contributed by atoms with van der Waals surface area (Å²) in [4.78, 5) is 19.9. The fourth-order valence-corrected chi connectivity index (χ4v) is 0.782. The van der Waals surface area contributed by atoms with Crippen LogP contribution in [0.25, 0.3) is 0 Å². The number of aliphatic hydroxyl groups excluding tert-OH is 1. The Balaban J connectivity index is 0. The van der Waals surface area contributed by atoms with Crippen LogP contribution in [0.4, 0.5) is 0 Å². The van der Waals surface area contributed by atoms with Crippen molar-refractivity contribution in [3.63, 3.8) is 0 Å². The van der Waals surface area contributed by atoms with Crippen molar-refractivity contribution < 1.29 is 59.1 Å². The fraction of sp³-hybridized carbons (Fsp3) is 0.250. The SMILES string of the molecule is O=C(O)CC(=C([O-])O)[P+](=O)[O-].[Na+]. The van der Waals surface area contributed by atoms with Crippen molar-refractivity contribution >= 4 is 14.0 Å². The summed E-state index contributed by atoms with van der Waals surface area (Å²) in [6, 6.07) is 0. The van der Waals surface area contributed by atoms with E-state index in [9.17, 15) is 19.4 Å². The van der Waals surface area contributed by atoms with Crippen molar-refractivity contribution in [1.29, 1.82) is 0 Å². The molecule has 0 bridgehead atoms. The molecule has 0 fully saturated rings. The van der Waals surface area contributed by atoms with Gasteiger partial charge in [-0.25, -0.2) is 0 Å². The molecule has 6 nitrogen and oxygen atoms in total. The zero-order chi connectivity index (χ0) is 9.02. The Kier molecular flexibility index (Phi) is 7.67. The molecule has 62 valence electrons. The van der Waals surface area contributed by atoms with E-state index < -0.39 is 31.7 Å². The van der Waals surface area contributed by atoms with Crippen molar-refractivity contribution in [1.82, 2.24) is 0 Å². The van der Waals surface area contributed by atoms with Gasteiger partial charge in [0.05, 0.1) is 5.95 Å². The first kappa shape index (κ1) is 14.4. The molecule has 0 aliphatic heterocycles. The Morgan fingerprint density at radius 3 is 1.92 bits per heavy atom. The van der Waals surface area contributed by atoms with Gasteiger partial charge in [-0.1, -0.05) is 4.57 Å². The normalized spacial score (nSPS) is 12.6. The second-order valence-corrected chi connectivity index (χ2v) is 2.63. The third-order valence-electron chi connectivity index (χ3n) is 0.786. The number of aliphatic hydroxyl groups is 1. The number of carboxylic acids is 1. The van der Waals surface area contributed by atoms with Gasteiger partial charge in [0, 0.05) is 0 Å². The number of carbonyl (C=O) groups is 1. The quantitative estimate of drug-likeness (QED) is 0.271. The molecule has 0 saturated heterocycles. The predicted octanol–water partition coefficient (Wildman–Crippen LogP) is -4.34. The standard InChI is InChI=1S/C4H5O6P.Na/c5-3(6)1-2(4(7)8)11(9)10;/h7-8H,1H2,(H,5,6);/q;+1/p-1. The Hall–Kier alpha value is -0.130. The third kappa shape index (κ3) is 5.51. The molecule has 0 spiro atoms. The van der Waals surface area contributed by atoms with Crippen LogP contribution in [0.1, 0.15) is 6.42 Å². The molecule has 12 heavy (non-hydrogen) atoms. The summed E-state index contributed by atoms with van der Waals surface area (Å²) in [7, 11) is -3.30. The van der Waals surface area contributed by atoms with E-state index >= 15 is 0 Å². The largest absolute Gasteiger partial charge is 1.00 e. The smallest absolute Gasteiger partial charge is 0.626 e. The van der Waals surface area contributed by atoms with E-state index in [-0.39, 0.29) is 29.6 Å². The molecule has 1 unspecified atom stereocenters. The molecule has 0 aromatic heterocycles. The minimum absolute atomic E-state index is 0. The van der Waals surface area contributed by atoms with Gasteiger partial charge in [-0.05, 0) is 0 Å². The number of rotatable bonds is 3. The molecule has 8 heteroatoms. The zero-order valence-electron chi connectivity index (χ0n) is 6.18. The van der Waals surface area contributed by atoms with Gasteiger partial charge < -0.3 is 20.2 Å². The fourth-order valence-electron chi connectivity index (χ4n) is 0.361. The first-order valence-electron chi connectivity index (χ1n) is 2.40. The second kappa shape index (κ2) is 6.39. The van der Waals surface area contributed by atoms with Gasteiger partial charge >= 0.3 is 43.6 Å². The minimum Gasteiger partial charge on any atom is -0.626 e. The van der Waals surface area contributed by atoms with Crippen LogP contribution in [0, 0.1) is 0 Å². The zero-order valence-corrected chi connectivity index (χ0v) is 9.08. The van der Waals surface area contributed by atoms with E-state index in [0.29, 0.717) is 0 Å². The third-order valence-corrected chi connectivity index (χ3v) is 1.58. The van der Waals surface area contributed by atoms with E-state index in [2.05, 4.69) is 0 Å². The average molecular weight is 202 g/mol. The van der Waals surface area contributed by atoms with Crippen LogP contribution < -0.4 is 39.6 Å². The summed E-state index contributed by atoms with van der Waals surface area (Å²) in [5.41, 5.74) is 0. The Labute approximate surface area is 90.7 Å². The molecule has 0 saturated carbocycles. The monoisotopic (exact) mass is 202 g/mol. The molecule has 1 atom stereocenters. The van der Waals surface area contributed by atoms with Crippen LogP contribution in [0.2, 0.25) is 0 Å². The molecule has 0 radical (unpaired) electrons. The van der Waals surface area contributed by atoms with Gasteiger partial charge in [0.25, 0.3) is 0 Å². The summed E-state index contributed by atoms with van der Waals surface area (Å²) in [5, 5.41) is 25.1. The molecular formula is C4H4NaO6P. The topological polar surface area (TPSA) is 121 Å². The van der Waals surface area contributed by atoms with E-state index in [1.54, 1.807) is 0 Å². The van der Waals surface area contributed by atoms with Gasteiger partial charge in [-0.2, -0.15) is 0 Å². The number of hydrogen-bond acceptors (Lipinski definition) is 5. The van der Waals surface area contributed by atoms with Crippen molar-refractivity contribution in [2.45, 2.75) is 6.42 Å². The summed E-state index contributed by atoms with van der Waals surface area (Å²) >= 11 is 0. The predicted molar refractivity (Wildman–Crippen MR) is 29.5 cm³/mol. The first-order valence-corrected chi connectivity index (χ1v) is 3.58. The van der Waals surface area contributed by atoms with Crippen LogP contribution in [0.5, 0.6) is 0 Å². The van der Waals surface area contributed by atoms with Gasteiger partial charge in [-0.3, -0.25) is 4.79 Å². The van der Waals surface area contributed by atoms with Crippen molar-refractivity contribution in [3.05, 3.63) is 11.3 Å². The molecule has 0 aliphatic carbocycles.